The number of rotatable bonds is 12. The van der Waals surface area contributed by atoms with Crippen molar-refractivity contribution in [2.45, 2.75) is 51.7 Å². The summed E-state index contributed by atoms with van der Waals surface area (Å²) in [6.45, 7) is 4.39. The predicted octanol–water partition coefficient (Wildman–Crippen LogP) is 3.45. The first kappa shape index (κ1) is 24.3. The Bertz CT molecular complexity index is 796. The Kier molecular flexibility index (Phi) is 9.40. The normalized spacial score (nSPS) is 18.2. The maximum absolute atomic E-state index is 11.9. The first-order valence-electron chi connectivity index (χ1n) is 10.4. The number of hydrogen-bond donors (Lipinski definition) is 3. The molecule has 1 heterocycles. The number of aliphatic hydroxyl groups is 3. The molecular formula is C23H30O8. The summed E-state index contributed by atoms with van der Waals surface area (Å²) >= 11 is 0. The van der Waals surface area contributed by atoms with Gasteiger partial charge in [0.1, 0.15) is 18.5 Å². The fraction of sp³-hybridized carbons (Fsp3) is 0.478. The second-order valence-corrected chi connectivity index (χ2v) is 7.39. The third-order valence-electron chi connectivity index (χ3n) is 5.01. The maximum atomic E-state index is 11.9. The van der Waals surface area contributed by atoms with E-state index in [1.807, 2.05) is 0 Å². The monoisotopic (exact) mass is 434 g/mol. The van der Waals surface area contributed by atoms with Crippen molar-refractivity contribution in [3.63, 3.8) is 0 Å². The van der Waals surface area contributed by atoms with Gasteiger partial charge in [-0.3, -0.25) is 0 Å². The quantitative estimate of drug-likeness (QED) is 0.338. The van der Waals surface area contributed by atoms with Gasteiger partial charge in [-0.1, -0.05) is 45.2 Å². The van der Waals surface area contributed by atoms with E-state index in [9.17, 15) is 24.9 Å². The Morgan fingerprint density at radius 3 is 2.48 bits per heavy atom. The van der Waals surface area contributed by atoms with Gasteiger partial charge >= 0.3 is 11.9 Å². The van der Waals surface area contributed by atoms with E-state index in [0.29, 0.717) is 18.3 Å². The standard InChI is InChI=1S/C23H30O8/c1-3-5-6-15(4-2)13-30-19(25)12-9-16-7-10-17(11-8-16)29-14-18(24)22-20(26)21(27)23(28)31-22/h7-12,15,18,22,24,26-27H,3-6,13-14H2,1-2H3/b12-9+/t15?,18-,22-/m1/s1. The van der Waals surface area contributed by atoms with Crippen LogP contribution in [0.25, 0.3) is 6.08 Å². The third kappa shape index (κ3) is 7.32. The highest BCUT2D eigenvalue weighted by Gasteiger charge is 2.39. The summed E-state index contributed by atoms with van der Waals surface area (Å²) in [5.74, 6) is -2.30. The SMILES string of the molecule is CCCCC(CC)COC(=O)/C=C/c1ccc(OC[C@@H](O)[C@H]2OC(=O)C(O)=C2O)cc1. The highest BCUT2D eigenvalue weighted by atomic mass is 16.6. The molecule has 0 saturated carbocycles. The van der Waals surface area contributed by atoms with Crippen molar-refractivity contribution in [3.05, 3.63) is 47.4 Å². The first-order chi connectivity index (χ1) is 14.8. The minimum absolute atomic E-state index is 0.270. The number of ether oxygens (including phenoxy) is 3. The Morgan fingerprint density at radius 2 is 1.90 bits per heavy atom. The molecule has 0 radical (unpaired) electrons. The van der Waals surface area contributed by atoms with E-state index >= 15 is 0 Å². The second-order valence-electron chi connectivity index (χ2n) is 7.39. The van der Waals surface area contributed by atoms with Crippen molar-refractivity contribution in [2.75, 3.05) is 13.2 Å². The Morgan fingerprint density at radius 1 is 1.19 bits per heavy atom. The van der Waals surface area contributed by atoms with Gasteiger partial charge in [-0.25, -0.2) is 9.59 Å². The Hall–Kier alpha value is -3.00. The van der Waals surface area contributed by atoms with Crippen molar-refractivity contribution in [1.29, 1.82) is 0 Å². The number of unbranched alkanes of at least 4 members (excludes halogenated alkanes) is 1. The lowest BCUT2D eigenvalue weighted by molar-refractivity contribution is -0.147. The van der Waals surface area contributed by atoms with Crippen LogP contribution in [0.5, 0.6) is 5.75 Å². The summed E-state index contributed by atoms with van der Waals surface area (Å²) < 4.78 is 15.4. The van der Waals surface area contributed by atoms with Crippen molar-refractivity contribution in [2.24, 2.45) is 5.92 Å². The molecule has 8 nitrogen and oxygen atoms in total. The molecule has 1 aliphatic heterocycles. The number of benzene rings is 1. The van der Waals surface area contributed by atoms with Crippen LogP contribution >= 0.6 is 0 Å². The molecular weight excluding hydrogens is 404 g/mol. The number of cyclic esters (lactones) is 1. The molecule has 0 spiro atoms. The number of hydrogen-bond acceptors (Lipinski definition) is 8. The summed E-state index contributed by atoms with van der Waals surface area (Å²) in [5.41, 5.74) is 0.762. The van der Waals surface area contributed by atoms with E-state index in [1.54, 1.807) is 30.3 Å². The summed E-state index contributed by atoms with van der Waals surface area (Å²) in [6, 6.07) is 6.73. The molecule has 3 N–H and O–H groups in total. The summed E-state index contributed by atoms with van der Waals surface area (Å²) in [4.78, 5) is 23.1. The molecule has 0 saturated heterocycles. The van der Waals surface area contributed by atoms with Crippen LogP contribution in [0.15, 0.2) is 41.9 Å². The average Bonchev–Trinajstić information content (AvgIpc) is 3.04. The van der Waals surface area contributed by atoms with Crippen LogP contribution in [0.4, 0.5) is 0 Å². The van der Waals surface area contributed by atoms with Gasteiger partial charge in [0.2, 0.25) is 5.76 Å². The van der Waals surface area contributed by atoms with Crippen LogP contribution in [0.3, 0.4) is 0 Å². The van der Waals surface area contributed by atoms with Crippen LogP contribution in [-0.2, 0) is 19.1 Å². The highest BCUT2D eigenvalue weighted by Crippen LogP contribution is 2.22. The lowest BCUT2D eigenvalue weighted by atomic mass is 10.0. The fourth-order valence-corrected chi connectivity index (χ4v) is 2.98. The zero-order chi connectivity index (χ0) is 22.8. The van der Waals surface area contributed by atoms with Crippen LogP contribution in [0.2, 0.25) is 0 Å². The average molecular weight is 434 g/mol. The molecule has 1 aromatic carbocycles. The summed E-state index contributed by atoms with van der Waals surface area (Å²) in [6.07, 6.45) is 4.58. The van der Waals surface area contributed by atoms with Crippen LogP contribution in [0, 0.1) is 5.92 Å². The van der Waals surface area contributed by atoms with E-state index in [-0.39, 0.29) is 12.6 Å². The molecule has 0 fully saturated rings. The molecule has 0 aliphatic carbocycles. The number of carbonyl (C=O) groups is 2. The van der Waals surface area contributed by atoms with Crippen molar-refractivity contribution in [1.82, 2.24) is 0 Å². The van der Waals surface area contributed by atoms with Crippen molar-refractivity contribution >= 4 is 18.0 Å². The molecule has 0 amide bonds. The fourth-order valence-electron chi connectivity index (χ4n) is 2.98. The van der Waals surface area contributed by atoms with Gasteiger partial charge < -0.3 is 29.5 Å². The van der Waals surface area contributed by atoms with Crippen LogP contribution in [-0.4, -0.2) is 52.7 Å². The maximum Gasteiger partial charge on any atom is 0.377 e. The number of aliphatic hydroxyl groups excluding tert-OH is 3. The van der Waals surface area contributed by atoms with E-state index < -0.39 is 29.7 Å². The van der Waals surface area contributed by atoms with Gasteiger partial charge in [0.25, 0.3) is 0 Å². The molecule has 3 atom stereocenters. The largest absolute Gasteiger partial charge is 0.505 e. The Balaban J connectivity index is 1.78. The molecule has 1 aromatic rings. The molecule has 170 valence electrons. The second kappa shape index (κ2) is 12.0. The lowest BCUT2D eigenvalue weighted by Crippen LogP contribution is -2.33. The third-order valence-corrected chi connectivity index (χ3v) is 5.01. The van der Waals surface area contributed by atoms with Gasteiger partial charge in [0.15, 0.2) is 11.9 Å². The van der Waals surface area contributed by atoms with Gasteiger partial charge in [-0.2, -0.15) is 0 Å². The van der Waals surface area contributed by atoms with Gasteiger partial charge in [0, 0.05) is 6.08 Å². The zero-order valence-corrected chi connectivity index (χ0v) is 17.8. The van der Waals surface area contributed by atoms with E-state index in [2.05, 4.69) is 18.6 Å². The molecule has 1 unspecified atom stereocenters. The topological polar surface area (TPSA) is 123 Å². The van der Waals surface area contributed by atoms with Gasteiger partial charge in [0.05, 0.1) is 6.61 Å². The molecule has 8 heteroatoms. The van der Waals surface area contributed by atoms with Crippen LogP contribution in [0.1, 0.15) is 45.1 Å². The van der Waals surface area contributed by atoms with E-state index in [0.717, 1.165) is 31.2 Å². The van der Waals surface area contributed by atoms with Crippen molar-refractivity contribution < 1.29 is 39.1 Å². The minimum Gasteiger partial charge on any atom is -0.505 e. The molecule has 31 heavy (non-hydrogen) atoms. The highest BCUT2D eigenvalue weighted by molar-refractivity contribution is 5.89. The predicted molar refractivity (Wildman–Crippen MR) is 113 cm³/mol. The van der Waals surface area contributed by atoms with Crippen LogP contribution < -0.4 is 4.74 Å². The molecule has 0 bridgehead atoms. The van der Waals surface area contributed by atoms with E-state index in [4.69, 9.17) is 9.47 Å². The zero-order valence-electron chi connectivity index (χ0n) is 17.8. The van der Waals surface area contributed by atoms with E-state index in [1.165, 1.54) is 6.08 Å². The van der Waals surface area contributed by atoms with Gasteiger partial charge in [-0.05, 0) is 36.1 Å². The smallest absolute Gasteiger partial charge is 0.377 e. The van der Waals surface area contributed by atoms with Gasteiger partial charge in [-0.15, -0.1) is 0 Å². The molecule has 1 aliphatic rings. The number of carbonyl (C=O) groups excluding carboxylic acids is 2. The lowest BCUT2D eigenvalue weighted by Gasteiger charge is -2.17. The Labute approximate surface area is 181 Å². The number of esters is 2. The minimum atomic E-state index is -1.37. The molecule has 2 rings (SSSR count). The first-order valence-corrected chi connectivity index (χ1v) is 10.4. The summed E-state index contributed by atoms with van der Waals surface area (Å²) in [7, 11) is 0. The summed E-state index contributed by atoms with van der Waals surface area (Å²) in [5, 5.41) is 28.8. The molecule has 0 aromatic heterocycles. The van der Waals surface area contributed by atoms with Crippen molar-refractivity contribution in [3.8, 4) is 5.75 Å².